The second kappa shape index (κ2) is 6.87. The molecule has 1 atom stereocenters. The number of carbonyl (C=O) groups excluding carboxylic acids is 1. The van der Waals surface area contributed by atoms with Gasteiger partial charge in [-0.3, -0.25) is 4.79 Å². The summed E-state index contributed by atoms with van der Waals surface area (Å²) in [4.78, 5) is 13.3. The zero-order valence-electron chi connectivity index (χ0n) is 11.9. The van der Waals surface area contributed by atoms with Crippen molar-refractivity contribution in [2.45, 2.75) is 18.9 Å². The Bertz CT molecular complexity index is 564. The average molecular weight is 300 g/mol. The van der Waals surface area contributed by atoms with Crippen LogP contribution in [-0.2, 0) is 4.79 Å². The van der Waals surface area contributed by atoms with Crippen LogP contribution in [0.2, 0.25) is 0 Å². The number of amides is 1. The zero-order chi connectivity index (χ0) is 14.5. The van der Waals surface area contributed by atoms with E-state index in [0.29, 0.717) is 6.54 Å². The number of benzene rings is 1. The van der Waals surface area contributed by atoms with Gasteiger partial charge in [0.05, 0.1) is 12.6 Å². The van der Waals surface area contributed by atoms with E-state index in [9.17, 15) is 4.79 Å². The zero-order valence-corrected chi connectivity index (χ0v) is 12.7. The van der Waals surface area contributed by atoms with Gasteiger partial charge in [-0.05, 0) is 42.3 Å². The summed E-state index contributed by atoms with van der Waals surface area (Å²) in [6.45, 7) is 1.35. The lowest BCUT2D eigenvalue weighted by atomic mass is 10.1. The van der Waals surface area contributed by atoms with Crippen molar-refractivity contribution in [3.63, 3.8) is 0 Å². The molecule has 1 amide bonds. The molecule has 2 N–H and O–H groups in total. The molecule has 0 bridgehead atoms. The summed E-state index contributed by atoms with van der Waals surface area (Å²) in [5, 5.41) is 8.42. The van der Waals surface area contributed by atoms with E-state index in [-0.39, 0.29) is 11.9 Å². The fourth-order valence-corrected chi connectivity index (χ4v) is 3.15. The molecule has 1 aromatic carbocycles. The van der Waals surface area contributed by atoms with Crippen molar-refractivity contribution in [1.82, 2.24) is 10.6 Å². The maximum Gasteiger partial charge on any atom is 0.234 e. The Kier molecular flexibility index (Phi) is 4.68. The Hall–Kier alpha value is -1.65. The molecule has 0 spiro atoms. The van der Waals surface area contributed by atoms with Gasteiger partial charge in [0, 0.05) is 4.88 Å². The maximum atomic E-state index is 12.2. The highest BCUT2D eigenvalue weighted by Gasteiger charge is 2.21. The van der Waals surface area contributed by atoms with E-state index in [2.05, 4.69) is 28.8 Å². The van der Waals surface area contributed by atoms with E-state index in [4.69, 9.17) is 0 Å². The molecular weight excluding hydrogens is 280 g/mol. The van der Waals surface area contributed by atoms with Gasteiger partial charge in [0.15, 0.2) is 0 Å². The molecule has 0 saturated heterocycles. The van der Waals surface area contributed by atoms with Crippen molar-refractivity contribution in [3.8, 4) is 0 Å². The Morgan fingerprint density at radius 2 is 2.00 bits per heavy atom. The first-order chi connectivity index (χ1) is 10.3. The van der Waals surface area contributed by atoms with Crippen molar-refractivity contribution < 1.29 is 4.79 Å². The van der Waals surface area contributed by atoms with Gasteiger partial charge >= 0.3 is 0 Å². The summed E-state index contributed by atoms with van der Waals surface area (Å²) in [6.07, 6.45) is 2.60. The third-order valence-electron chi connectivity index (χ3n) is 3.68. The van der Waals surface area contributed by atoms with E-state index in [1.165, 1.54) is 12.8 Å². The molecule has 1 aliphatic rings. The highest BCUT2D eigenvalue weighted by molar-refractivity contribution is 7.10. The van der Waals surface area contributed by atoms with E-state index >= 15 is 0 Å². The van der Waals surface area contributed by atoms with Crippen LogP contribution in [0.3, 0.4) is 0 Å². The van der Waals surface area contributed by atoms with Crippen LogP contribution in [0, 0.1) is 5.92 Å². The van der Waals surface area contributed by atoms with Gasteiger partial charge in [0.1, 0.15) is 0 Å². The van der Waals surface area contributed by atoms with Crippen LogP contribution >= 0.6 is 11.3 Å². The highest BCUT2D eigenvalue weighted by Crippen LogP contribution is 2.27. The van der Waals surface area contributed by atoms with Crippen LogP contribution in [0.1, 0.15) is 29.3 Å². The first-order valence-corrected chi connectivity index (χ1v) is 8.29. The van der Waals surface area contributed by atoms with Crippen LogP contribution in [-0.4, -0.2) is 19.0 Å². The van der Waals surface area contributed by atoms with Gasteiger partial charge in [0.2, 0.25) is 5.91 Å². The molecule has 110 valence electrons. The Morgan fingerprint density at radius 1 is 1.19 bits per heavy atom. The smallest absolute Gasteiger partial charge is 0.234 e. The predicted molar refractivity (Wildman–Crippen MR) is 86.3 cm³/mol. The summed E-state index contributed by atoms with van der Waals surface area (Å²) in [5.74, 6) is 0.845. The van der Waals surface area contributed by atoms with E-state index in [1.807, 2.05) is 29.6 Å². The van der Waals surface area contributed by atoms with Gasteiger partial charge in [-0.2, -0.15) is 0 Å². The third-order valence-corrected chi connectivity index (χ3v) is 4.62. The molecule has 21 heavy (non-hydrogen) atoms. The number of nitrogens with one attached hydrogen (secondary N) is 2. The number of carbonyl (C=O) groups is 1. The second-order valence-corrected chi connectivity index (χ2v) is 6.48. The molecule has 2 aromatic rings. The van der Waals surface area contributed by atoms with Crippen LogP contribution in [0.25, 0.3) is 0 Å². The standard InChI is InChI=1S/C17H20N2OS/c20-16(12-18-11-13-8-9-13)19-17(15-7-4-10-21-15)14-5-2-1-3-6-14/h1-7,10,13,17-18H,8-9,11-12H2,(H,19,20). The fourth-order valence-electron chi connectivity index (χ4n) is 2.34. The van der Waals surface area contributed by atoms with Gasteiger partial charge in [-0.15, -0.1) is 11.3 Å². The van der Waals surface area contributed by atoms with Gasteiger partial charge in [-0.25, -0.2) is 0 Å². The van der Waals surface area contributed by atoms with Crippen molar-refractivity contribution in [2.75, 3.05) is 13.1 Å². The van der Waals surface area contributed by atoms with E-state index < -0.39 is 0 Å². The summed E-state index contributed by atoms with van der Waals surface area (Å²) in [7, 11) is 0. The van der Waals surface area contributed by atoms with Crippen molar-refractivity contribution >= 4 is 17.2 Å². The minimum Gasteiger partial charge on any atom is -0.343 e. The van der Waals surface area contributed by atoms with Crippen LogP contribution in [0.4, 0.5) is 0 Å². The molecule has 1 aromatic heterocycles. The SMILES string of the molecule is O=C(CNCC1CC1)NC(c1ccccc1)c1cccs1. The molecule has 4 heteroatoms. The first kappa shape index (κ1) is 14.3. The highest BCUT2D eigenvalue weighted by atomic mass is 32.1. The maximum absolute atomic E-state index is 12.2. The second-order valence-electron chi connectivity index (χ2n) is 5.50. The lowest BCUT2D eigenvalue weighted by molar-refractivity contribution is -0.120. The van der Waals surface area contributed by atoms with Gasteiger partial charge in [0.25, 0.3) is 0 Å². The average Bonchev–Trinajstić information content (AvgIpc) is 3.17. The summed E-state index contributed by atoms with van der Waals surface area (Å²) < 4.78 is 0. The van der Waals surface area contributed by atoms with Crippen molar-refractivity contribution in [3.05, 3.63) is 58.3 Å². The monoisotopic (exact) mass is 300 g/mol. The molecule has 0 aliphatic heterocycles. The Balaban J connectivity index is 1.63. The van der Waals surface area contributed by atoms with E-state index in [1.54, 1.807) is 11.3 Å². The number of thiophene rings is 1. The molecule has 0 radical (unpaired) electrons. The molecular formula is C17H20N2OS. The van der Waals surface area contributed by atoms with Crippen LogP contribution in [0.5, 0.6) is 0 Å². The number of rotatable bonds is 7. The summed E-state index contributed by atoms with van der Waals surface area (Å²) in [5.41, 5.74) is 1.12. The minimum atomic E-state index is -0.0542. The van der Waals surface area contributed by atoms with E-state index in [0.717, 1.165) is 22.9 Å². The largest absolute Gasteiger partial charge is 0.343 e. The normalized spacial score (nSPS) is 15.6. The first-order valence-electron chi connectivity index (χ1n) is 7.41. The fraction of sp³-hybridized carbons (Fsp3) is 0.353. The molecule has 1 aliphatic carbocycles. The molecule has 1 fully saturated rings. The number of hydrogen-bond acceptors (Lipinski definition) is 3. The third kappa shape index (κ3) is 4.16. The van der Waals surface area contributed by atoms with Gasteiger partial charge < -0.3 is 10.6 Å². The lowest BCUT2D eigenvalue weighted by Gasteiger charge is -2.18. The molecule has 1 saturated carbocycles. The topological polar surface area (TPSA) is 41.1 Å². The van der Waals surface area contributed by atoms with Crippen molar-refractivity contribution in [2.24, 2.45) is 5.92 Å². The number of hydrogen-bond donors (Lipinski definition) is 2. The Labute approximate surface area is 129 Å². The van der Waals surface area contributed by atoms with Crippen molar-refractivity contribution in [1.29, 1.82) is 0 Å². The molecule has 1 unspecified atom stereocenters. The summed E-state index contributed by atoms with van der Waals surface area (Å²) in [6, 6.07) is 14.2. The van der Waals surface area contributed by atoms with Crippen LogP contribution in [0.15, 0.2) is 47.8 Å². The minimum absolute atomic E-state index is 0.0536. The predicted octanol–water partition coefficient (Wildman–Crippen LogP) is 2.95. The van der Waals surface area contributed by atoms with Gasteiger partial charge in [-0.1, -0.05) is 36.4 Å². The van der Waals surface area contributed by atoms with Crippen LogP contribution < -0.4 is 10.6 Å². The molecule has 3 rings (SSSR count). The molecule has 1 heterocycles. The quantitative estimate of drug-likeness (QED) is 0.825. The lowest BCUT2D eigenvalue weighted by Crippen LogP contribution is -2.37. The Morgan fingerprint density at radius 3 is 2.67 bits per heavy atom. The summed E-state index contributed by atoms with van der Waals surface area (Å²) >= 11 is 1.67. The molecule has 3 nitrogen and oxygen atoms in total.